The third kappa shape index (κ3) is 5.18. The summed E-state index contributed by atoms with van der Waals surface area (Å²) in [6, 6.07) is -2.50. The number of nitrogens with zero attached hydrogens (tertiary/aromatic N) is 2. The van der Waals surface area contributed by atoms with Crippen molar-refractivity contribution in [3.8, 4) is 0 Å². The van der Waals surface area contributed by atoms with Crippen LogP contribution in [0, 0.1) is 0 Å². The maximum atomic E-state index is 13.0. The van der Waals surface area contributed by atoms with Gasteiger partial charge in [-0.3, -0.25) is 24.0 Å². The number of hydrogen-bond donors (Lipinski definition) is 4. The van der Waals surface area contributed by atoms with Gasteiger partial charge in [-0.15, -0.1) is 0 Å². The first kappa shape index (κ1) is 21.6. The quantitative estimate of drug-likeness (QED) is 0.377. The molecule has 0 saturated carbocycles. The lowest BCUT2D eigenvalue weighted by atomic mass is 10.1. The summed E-state index contributed by atoms with van der Waals surface area (Å²) < 4.78 is 0. The number of hydrogen-bond acceptors (Lipinski definition) is 6. The highest BCUT2D eigenvalue weighted by atomic mass is 16.4. The van der Waals surface area contributed by atoms with Gasteiger partial charge >= 0.3 is 11.9 Å². The van der Waals surface area contributed by atoms with Crippen molar-refractivity contribution in [2.45, 2.75) is 56.7 Å². The number of nitrogens with one attached hydrogen (secondary N) is 1. The summed E-state index contributed by atoms with van der Waals surface area (Å²) in [5.74, 6) is -3.58. The van der Waals surface area contributed by atoms with Crippen molar-refractivity contribution in [1.82, 2.24) is 15.1 Å². The third-order valence-corrected chi connectivity index (χ3v) is 5.06. The van der Waals surface area contributed by atoms with Crippen LogP contribution in [0.3, 0.4) is 0 Å². The Bertz CT molecular complexity index is 653. The average Bonchev–Trinajstić information content (AvgIpc) is 3.32. The minimum Gasteiger partial charge on any atom is -0.481 e. The van der Waals surface area contributed by atoms with Crippen LogP contribution >= 0.6 is 0 Å². The zero-order valence-corrected chi connectivity index (χ0v) is 15.5. The fraction of sp³-hybridized carbons (Fsp3) is 0.706. The second-order valence-electron chi connectivity index (χ2n) is 7.03. The maximum Gasteiger partial charge on any atom is 0.322 e. The van der Waals surface area contributed by atoms with Crippen LogP contribution in [0.5, 0.6) is 0 Å². The molecule has 0 aromatic rings. The summed E-state index contributed by atoms with van der Waals surface area (Å²) in [7, 11) is 0. The molecule has 3 unspecified atom stereocenters. The van der Waals surface area contributed by atoms with Gasteiger partial charge in [0.15, 0.2) is 0 Å². The number of likely N-dealkylation sites (tertiary alicyclic amines) is 2. The van der Waals surface area contributed by atoms with Gasteiger partial charge in [-0.05, 0) is 32.1 Å². The van der Waals surface area contributed by atoms with Crippen molar-refractivity contribution in [3.63, 3.8) is 0 Å². The number of aliphatic carboxylic acids is 2. The predicted molar refractivity (Wildman–Crippen MR) is 95.0 cm³/mol. The lowest BCUT2D eigenvalue weighted by molar-refractivity contribution is -0.147. The molecule has 5 N–H and O–H groups in total. The van der Waals surface area contributed by atoms with Crippen molar-refractivity contribution >= 4 is 29.7 Å². The van der Waals surface area contributed by atoms with Crippen LogP contribution in [0.15, 0.2) is 0 Å². The van der Waals surface area contributed by atoms with Crippen LogP contribution in [-0.2, 0) is 24.0 Å². The smallest absolute Gasteiger partial charge is 0.322 e. The van der Waals surface area contributed by atoms with Crippen molar-refractivity contribution < 1.29 is 34.2 Å². The third-order valence-electron chi connectivity index (χ3n) is 5.06. The van der Waals surface area contributed by atoms with E-state index in [0.717, 1.165) is 0 Å². The van der Waals surface area contributed by atoms with E-state index in [-0.39, 0.29) is 18.7 Å². The number of carbonyl (C=O) groups is 5. The Morgan fingerprint density at radius 1 is 0.964 bits per heavy atom. The SMILES string of the molecule is NC(CCC(=O)O)C(=O)N1CCCC1C(=O)N1CCCC1C(=O)NCC(=O)O. The molecule has 2 heterocycles. The minimum atomic E-state index is -1.17. The maximum absolute atomic E-state index is 13.0. The van der Waals surface area contributed by atoms with Gasteiger partial charge in [0.1, 0.15) is 18.6 Å². The zero-order chi connectivity index (χ0) is 20.8. The second-order valence-corrected chi connectivity index (χ2v) is 7.03. The van der Waals surface area contributed by atoms with E-state index in [1.165, 1.54) is 9.80 Å². The van der Waals surface area contributed by atoms with E-state index < -0.39 is 48.4 Å². The first-order valence-electron chi connectivity index (χ1n) is 9.30. The van der Waals surface area contributed by atoms with Crippen LogP contribution in [-0.4, -0.2) is 87.4 Å². The van der Waals surface area contributed by atoms with Gasteiger partial charge in [-0.2, -0.15) is 0 Å². The van der Waals surface area contributed by atoms with E-state index in [2.05, 4.69) is 5.32 Å². The molecule has 3 amide bonds. The molecule has 0 bridgehead atoms. The number of carboxylic acid groups (broad SMARTS) is 2. The van der Waals surface area contributed by atoms with Crippen molar-refractivity contribution in [2.24, 2.45) is 5.73 Å². The molecule has 3 atom stereocenters. The first-order chi connectivity index (χ1) is 13.2. The number of amides is 3. The molecule has 2 rings (SSSR count). The molecule has 28 heavy (non-hydrogen) atoms. The molecule has 2 fully saturated rings. The summed E-state index contributed by atoms with van der Waals surface area (Å²) in [6.45, 7) is 0.178. The number of nitrogens with two attached hydrogens (primary N) is 1. The summed E-state index contributed by atoms with van der Waals surface area (Å²) >= 11 is 0. The topological polar surface area (TPSA) is 170 Å². The van der Waals surface area contributed by atoms with Gasteiger partial charge in [0.2, 0.25) is 17.7 Å². The highest BCUT2D eigenvalue weighted by Gasteiger charge is 2.42. The molecule has 11 nitrogen and oxygen atoms in total. The molecule has 2 saturated heterocycles. The molecular weight excluding hydrogens is 372 g/mol. The zero-order valence-electron chi connectivity index (χ0n) is 15.5. The number of carbonyl (C=O) groups excluding carboxylic acids is 3. The largest absolute Gasteiger partial charge is 0.481 e. The van der Waals surface area contributed by atoms with Gasteiger partial charge < -0.3 is 31.1 Å². The Morgan fingerprint density at radius 2 is 1.57 bits per heavy atom. The highest BCUT2D eigenvalue weighted by molar-refractivity contribution is 5.94. The molecule has 0 aliphatic carbocycles. The lowest BCUT2D eigenvalue weighted by Gasteiger charge is -2.32. The standard InChI is InChI=1S/C17H26N4O7/c18-10(5-6-13(22)23)16(27)21-8-2-4-12(21)17(28)20-7-1-3-11(20)15(26)19-9-14(24)25/h10-12H,1-9,18H2,(H,19,26)(H,22,23)(H,24,25). The highest BCUT2D eigenvalue weighted by Crippen LogP contribution is 2.25. The van der Waals surface area contributed by atoms with Gasteiger partial charge in [-0.25, -0.2) is 0 Å². The Hall–Kier alpha value is -2.69. The van der Waals surface area contributed by atoms with Crippen LogP contribution in [0.1, 0.15) is 38.5 Å². The van der Waals surface area contributed by atoms with E-state index in [1.54, 1.807) is 0 Å². The molecule has 0 aromatic heterocycles. The first-order valence-corrected chi connectivity index (χ1v) is 9.30. The second kappa shape index (κ2) is 9.49. The van der Waals surface area contributed by atoms with E-state index in [9.17, 15) is 24.0 Å². The van der Waals surface area contributed by atoms with E-state index >= 15 is 0 Å². The van der Waals surface area contributed by atoms with Gasteiger partial charge in [-0.1, -0.05) is 0 Å². The molecule has 11 heteroatoms. The Labute approximate surface area is 161 Å². The molecule has 156 valence electrons. The average molecular weight is 398 g/mol. The van der Waals surface area contributed by atoms with E-state index in [0.29, 0.717) is 38.8 Å². The summed E-state index contributed by atoms with van der Waals surface area (Å²) in [4.78, 5) is 61.9. The van der Waals surface area contributed by atoms with Gasteiger partial charge in [0.25, 0.3) is 0 Å². The van der Waals surface area contributed by atoms with Gasteiger partial charge in [0, 0.05) is 19.5 Å². The number of carboxylic acids is 2. The Kier molecular flexibility index (Phi) is 7.32. The normalized spacial score (nSPS) is 22.8. The Morgan fingerprint density at radius 3 is 2.18 bits per heavy atom. The van der Waals surface area contributed by atoms with Crippen molar-refractivity contribution in [1.29, 1.82) is 0 Å². The van der Waals surface area contributed by atoms with E-state index in [4.69, 9.17) is 15.9 Å². The van der Waals surface area contributed by atoms with Crippen LogP contribution in [0.4, 0.5) is 0 Å². The molecule has 0 spiro atoms. The molecular formula is C17H26N4O7. The lowest BCUT2D eigenvalue weighted by Crippen LogP contribution is -2.55. The molecule has 0 radical (unpaired) electrons. The van der Waals surface area contributed by atoms with Gasteiger partial charge in [0.05, 0.1) is 6.04 Å². The summed E-state index contributed by atoms with van der Waals surface area (Å²) in [6.07, 6.45) is 1.83. The molecule has 2 aliphatic heterocycles. The fourth-order valence-electron chi connectivity index (χ4n) is 3.68. The number of rotatable bonds is 8. The van der Waals surface area contributed by atoms with Crippen molar-refractivity contribution in [3.05, 3.63) is 0 Å². The summed E-state index contributed by atoms with van der Waals surface area (Å²) in [5.41, 5.74) is 5.81. The van der Waals surface area contributed by atoms with Crippen LogP contribution in [0.25, 0.3) is 0 Å². The summed E-state index contributed by atoms with van der Waals surface area (Å²) in [5, 5.41) is 19.7. The Balaban J connectivity index is 2.02. The molecule has 2 aliphatic rings. The fourth-order valence-corrected chi connectivity index (χ4v) is 3.68. The van der Waals surface area contributed by atoms with Crippen molar-refractivity contribution in [2.75, 3.05) is 19.6 Å². The monoisotopic (exact) mass is 398 g/mol. The van der Waals surface area contributed by atoms with Crippen LogP contribution < -0.4 is 11.1 Å². The minimum absolute atomic E-state index is 0.0183. The van der Waals surface area contributed by atoms with E-state index in [1.807, 2.05) is 0 Å². The molecule has 0 aromatic carbocycles. The van der Waals surface area contributed by atoms with Crippen LogP contribution in [0.2, 0.25) is 0 Å². The predicted octanol–water partition coefficient (Wildman–Crippen LogP) is -1.64.